The fraction of sp³-hybridized carbons (Fsp3) is 0.529. The highest BCUT2D eigenvalue weighted by Gasteiger charge is 2.14. The summed E-state index contributed by atoms with van der Waals surface area (Å²) >= 11 is 0. The van der Waals surface area contributed by atoms with Crippen molar-refractivity contribution in [3.63, 3.8) is 0 Å². The Morgan fingerprint density at radius 1 is 1.17 bits per heavy atom. The molecule has 6 heteroatoms. The lowest BCUT2D eigenvalue weighted by molar-refractivity contribution is 0.0316. The molecule has 1 aliphatic rings. The van der Waals surface area contributed by atoms with Gasteiger partial charge in [0.1, 0.15) is 17.2 Å². The van der Waals surface area contributed by atoms with Crippen molar-refractivity contribution in [1.29, 1.82) is 0 Å². The highest BCUT2D eigenvalue weighted by molar-refractivity contribution is 5.77. The van der Waals surface area contributed by atoms with Crippen molar-refractivity contribution >= 4 is 11.0 Å². The maximum absolute atomic E-state index is 13.3. The average Bonchev–Trinajstić information content (AvgIpc) is 2.95. The number of ether oxygens (including phenoxy) is 1. The van der Waals surface area contributed by atoms with E-state index in [0.29, 0.717) is 18.7 Å². The lowest BCUT2D eigenvalue weighted by Gasteiger charge is -2.29. The summed E-state index contributed by atoms with van der Waals surface area (Å²) in [4.78, 5) is 4.52. The molecule has 0 saturated carbocycles. The van der Waals surface area contributed by atoms with Crippen LogP contribution in [0, 0.1) is 5.82 Å². The fourth-order valence-electron chi connectivity index (χ4n) is 2.89. The van der Waals surface area contributed by atoms with Crippen LogP contribution in [0.15, 0.2) is 28.7 Å². The predicted octanol–water partition coefficient (Wildman–Crippen LogP) is 1.70. The molecule has 1 aromatic carbocycles. The van der Waals surface area contributed by atoms with Gasteiger partial charge in [-0.3, -0.25) is 9.80 Å². The number of aliphatic hydroxyl groups excluding tert-OH is 1. The Bertz CT molecular complexity index is 625. The number of morpholine rings is 1. The number of halogens is 1. The largest absolute Gasteiger partial charge is 0.460 e. The first-order valence-electron chi connectivity index (χ1n) is 8.06. The molecule has 1 aliphatic heterocycles. The Morgan fingerprint density at radius 2 is 2.00 bits per heavy atom. The molecule has 0 unspecified atom stereocenters. The summed E-state index contributed by atoms with van der Waals surface area (Å²) < 4.78 is 24.4. The van der Waals surface area contributed by atoms with Gasteiger partial charge in [0.2, 0.25) is 0 Å². The van der Waals surface area contributed by atoms with Crippen LogP contribution in [0.4, 0.5) is 4.39 Å². The van der Waals surface area contributed by atoms with Crippen molar-refractivity contribution in [1.82, 2.24) is 9.80 Å². The lowest BCUT2D eigenvalue weighted by Crippen LogP contribution is -2.41. The van der Waals surface area contributed by atoms with E-state index in [4.69, 9.17) is 9.15 Å². The van der Waals surface area contributed by atoms with Crippen LogP contribution >= 0.6 is 0 Å². The first-order valence-corrected chi connectivity index (χ1v) is 8.06. The Hall–Kier alpha value is -1.47. The maximum atomic E-state index is 13.3. The van der Waals surface area contributed by atoms with Gasteiger partial charge in [0.25, 0.3) is 0 Å². The number of benzene rings is 1. The van der Waals surface area contributed by atoms with E-state index in [1.54, 1.807) is 6.07 Å². The second kappa shape index (κ2) is 7.88. The summed E-state index contributed by atoms with van der Waals surface area (Å²) in [6, 6.07) is 6.40. The van der Waals surface area contributed by atoms with E-state index >= 15 is 0 Å². The van der Waals surface area contributed by atoms with Gasteiger partial charge in [-0.05, 0) is 24.3 Å². The van der Waals surface area contributed by atoms with E-state index in [1.807, 2.05) is 6.07 Å². The van der Waals surface area contributed by atoms with Gasteiger partial charge in [-0.1, -0.05) is 0 Å². The molecule has 0 bridgehead atoms. The summed E-state index contributed by atoms with van der Waals surface area (Å²) in [5.74, 6) is 0.533. The topological polar surface area (TPSA) is 49.1 Å². The van der Waals surface area contributed by atoms with Crippen molar-refractivity contribution in [2.24, 2.45) is 0 Å². The summed E-state index contributed by atoms with van der Waals surface area (Å²) in [5, 5.41) is 10.0. The molecule has 3 rings (SSSR count). The van der Waals surface area contributed by atoms with Gasteiger partial charge >= 0.3 is 0 Å². The van der Waals surface area contributed by atoms with Crippen molar-refractivity contribution < 1.29 is 18.7 Å². The third kappa shape index (κ3) is 4.51. The SMILES string of the molecule is OCCN(CCN1CCOCC1)Cc1cc2cc(F)ccc2o1. The van der Waals surface area contributed by atoms with Gasteiger partial charge in [-0.2, -0.15) is 0 Å². The monoisotopic (exact) mass is 322 g/mol. The summed E-state index contributed by atoms with van der Waals surface area (Å²) in [6.45, 7) is 6.59. The van der Waals surface area contributed by atoms with Crippen LogP contribution in [0.25, 0.3) is 11.0 Å². The molecule has 2 aromatic rings. The smallest absolute Gasteiger partial charge is 0.134 e. The molecule has 23 heavy (non-hydrogen) atoms. The van der Waals surface area contributed by atoms with Gasteiger partial charge in [-0.15, -0.1) is 0 Å². The van der Waals surface area contributed by atoms with Crippen LogP contribution in [-0.4, -0.2) is 67.5 Å². The summed E-state index contributed by atoms with van der Waals surface area (Å²) in [7, 11) is 0. The predicted molar refractivity (Wildman–Crippen MR) is 85.8 cm³/mol. The standard InChI is InChI=1S/C17H23FN2O3/c18-15-1-2-17-14(11-15)12-16(23-17)13-20(5-8-21)4-3-19-6-9-22-10-7-19/h1-2,11-12,21H,3-10,13H2. The van der Waals surface area contributed by atoms with Gasteiger partial charge < -0.3 is 14.3 Å². The molecular formula is C17H23FN2O3. The molecule has 1 aromatic heterocycles. The number of rotatable bonds is 7. The minimum Gasteiger partial charge on any atom is -0.460 e. The van der Waals surface area contributed by atoms with Gasteiger partial charge in [-0.25, -0.2) is 4.39 Å². The third-order valence-electron chi connectivity index (χ3n) is 4.16. The zero-order valence-electron chi connectivity index (χ0n) is 13.2. The molecule has 5 nitrogen and oxygen atoms in total. The van der Waals surface area contributed by atoms with Crippen LogP contribution in [0.5, 0.6) is 0 Å². The molecule has 1 fully saturated rings. The molecule has 1 saturated heterocycles. The van der Waals surface area contributed by atoms with Gasteiger partial charge in [0.05, 0.1) is 26.4 Å². The second-order valence-electron chi connectivity index (χ2n) is 5.85. The number of fused-ring (bicyclic) bond motifs is 1. The second-order valence-corrected chi connectivity index (χ2v) is 5.85. The molecule has 0 atom stereocenters. The first kappa shape index (κ1) is 16.4. The van der Waals surface area contributed by atoms with E-state index in [0.717, 1.165) is 50.5 Å². The summed E-state index contributed by atoms with van der Waals surface area (Å²) in [5.41, 5.74) is 0.693. The van der Waals surface area contributed by atoms with Crippen LogP contribution in [0.3, 0.4) is 0 Å². The molecule has 1 N–H and O–H groups in total. The Kier molecular flexibility index (Phi) is 5.61. The highest BCUT2D eigenvalue weighted by atomic mass is 19.1. The van der Waals surface area contributed by atoms with Crippen LogP contribution < -0.4 is 0 Å². The molecule has 0 radical (unpaired) electrons. The molecule has 0 aliphatic carbocycles. The van der Waals surface area contributed by atoms with Crippen molar-refractivity contribution in [3.8, 4) is 0 Å². The molecule has 0 spiro atoms. The zero-order chi connectivity index (χ0) is 16.1. The van der Waals surface area contributed by atoms with Crippen molar-refractivity contribution in [3.05, 3.63) is 35.8 Å². The lowest BCUT2D eigenvalue weighted by atomic mass is 10.2. The van der Waals surface area contributed by atoms with Crippen LogP contribution in [-0.2, 0) is 11.3 Å². The summed E-state index contributed by atoms with van der Waals surface area (Å²) in [6.07, 6.45) is 0. The number of hydrogen-bond donors (Lipinski definition) is 1. The number of nitrogens with zero attached hydrogens (tertiary/aromatic N) is 2. The van der Waals surface area contributed by atoms with Crippen molar-refractivity contribution in [2.75, 3.05) is 52.5 Å². The Balaban J connectivity index is 1.60. The fourth-order valence-corrected chi connectivity index (χ4v) is 2.89. The van der Waals surface area contributed by atoms with E-state index in [2.05, 4.69) is 9.80 Å². The van der Waals surface area contributed by atoms with Gasteiger partial charge in [0, 0.05) is 38.1 Å². The molecule has 0 amide bonds. The van der Waals surface area contributed by atoms with E-state index < -0.39 is 0 Å². The molecule has 126 valence electrons. The van der Waals surface area contributed by atoms with Crippen LogP contribution in [0.2, 0.25) is 0 Å². The average molecular weight is 322 g/mol. The number of aliphatic hydroxyl groups is 1. The Labute approximate surface area is 135 Å². The van der Waals surface area contributed by atoms with Crippen molar-refractivity contribution in [2.45, 2.75) is 6.54 Å². The Morgan fingerprint density at radius 3 is 2.78 bits per heavy atom. The zero-order valence-corrected chi connectivity index (χ0v) is 13.2. The minimum atomic E-state index is -0.260. The normalized spacial score (nSPS) is 16.5. The highest BCUT2D eigenvalue weighted by Crippen LogP contribution is 2.21. The van der Waals surface area contributed by atoms with Crippen LogP contribution in [0.1, 0.15) is 5.76 Å². The molecular weight excluding hydrogens is 299 g/mol. The first-order chi connectivity index (χ1) is 11.2. The van der Waals surface area contributed by atoms with E-state index in [9.17, 15) is 9.50 Å². The van der Waals surface area contributed by atoms with E-state index in [-0.39, 0.29) is 12.4 Å². The van der Waals surface area contributed by atoms with Gasteiger partial charge in [0.15, 0.2) is 0 Å². The molecule has 2 heterocycles. The minimum absolute atomic E-state index is 0.109. The van der Waals surface area contributed by atoms with E-state index in [1.165, 1.54) is 12.1 Å². The maximum Gasteiger partial charge on any atom is 0.134 e. The number of furan rings is 1. The third-order valence-corrected chi connectivity index (χ3v) is 4.16. The number of hydrogen-bond acceptors (Lipinski definition) is 5. The quantitative estimate of drug-likeness (QED) is 0.841.